The quantitative estimate of drug-likeness (QED) is 0.376. The van der Waals surface area contributed by atoms with Crippen LogP contribution in [-0.2, 0) is 13.0 Å². The molecule has 3 aromatic rings. The molecule has 188 valence electrons. The fourth-order valence-electron chi connectivity index (χ4n) is 4.27. The second kappa shape index (κ2) is 11.1. The van der Waals surface area contributed by atoms with E-state index in [9.17, 15) is 0 Å². The van der Waals surface area contributed by atoms with Crippen molar-refractivity contribution in [3.05, 3.63) is 78.2 Å². The molecular weight excluding hydrogens is 456 g/mol. The third-order valence-corrected chi connectivity index (χ3v) is 6.07. The summed E-state index contributed by atoms with van der Waals surface area (Å²) in [6.07, 6.45) is 8.30. The lowest BCUT2D eigenvalue weighted by atomic mass is 10.1. The van der Waals surface area contributed by atoms with Crippen LogP contribution in [0.25, 0.3) is 11.5 Å². The molecule has 1 N–H and O–H groups in total. The number of allylic oxidation sites excluding steroid dienone is 2. The van der Waals surface area contributed by atoms with Gasteiger partial charge in [0.25, 0.3) is 0 Å². The van der Waals surface area contributed by atoms with Crippen molar-refractivity contribution in [2.75, 3.05) is 39.7 Å². The van der Waals surface area contributed by atoms with Crippen molar-refractivity contribution in [3.63, 3.8) is 0 Å². The fraction of sp³-hybridized carbons (Fsp3) is 0.286. The Morgan fingerprint density at radius 3 is 2.53 bits per heavy atom. The second-order valence-corrected chi connectivity index (χ2v) is 8.47. The molecule has 1 aliphatic rings. The molecule has 0 saturated heterocycles. The van der Waals surface area contributed by atoms with Gasteiger partial charge in [-0.3, -0.25) is 4.90 Å². The predicted molar refractivity (Wildman–Crippen MR) is 141 cm³/mol. The zero-order valence-corrected chi connectivity index (χ0v) is 21.3. The molecule has 0 fully saturated rings. The van der Waals surface area contributed by atoms with E-state index in [1.54, 1.807) is 33.6 Å². The number of methoxy groups -OCH3 is 3. The van der Waals surface area contributed by atoms with Gasteiger partial charge in [0.15, 0.2) is 17.3 Å². The summed E-state index contributed by atoms with van der Waals surface area (Å²) in [7, 11) is 4.73. The molecule has 0 amide bonds. The molecule has 0 aliphatic carbocycles. The zero-order valence-electron chi connectivity index (χ0n) is 21.3. The summed E-state index contributed by atoms with van der Waals surface area (Å²) in [5.41, 5.74) is 4.71. The summed E-state index contributed by atoms with van der Waals surface area (Å²) in [4.78, 5) is 11.6. The van der Waals surface area contributed by atoms with Crippen LogP contribution < -0.4 is 19.5 Å². The molecule has 36 heavy (non-hydrogen) atoms. The number of rotatable bonds is 10. The summed E-state index contributed by atoms with van der Waals surface area (Å²) in [5, 5.41) is 3.24. The molecule has 0 unspecified atom stereocenters. The number of aryl methyl sites for hydroxylation is 1. The molecule has 1 aliphatic heterocycles. The lowest BCUT2D eigenvalue weighted by Gasteiger charge is -2.26. The average Bonchev–Trinajstić information content (AvgIpc) is 3.32. The number of hydrogen-bond acceptors (Lipinski definition) is 8. The van der Waals surface area contributed by atoms with Crippen LogP contribution in [0.5, 0.6) is 17.2 Å². The van der Waals surface area contributed by atoms with Crippen LogP contribution in [-0.4, -0.2) is 49.3 Å². The molecule has 3 heterocycles. The second-order valence-electron chi connectivity index (χ2n) is 8.47. The smallest absolute Gasteiger partial charge is 0.227 e. The third kappa shape index (κ3) is 5.28. The largest absolute Gasteiger partial charge is 0.493 e. The summed E-state index contributed by atoms with van der Waals surface area (Å²) < 4.78 is 22.6. The first-order chi connectivity index (χ1) is 17.5. The lowest BCUT2D eigenvalue weighted by Crippen LogP contribution is -2.31. The Morgan fingerprint density at radius 2 is 1.89 bits per heavy atom. The molecule has 0 radical (unpaired) electrons. The number of nitrogens with one attached hydrogen (secondary N) is 1. The van der Waals surface area contributed by atoms with Gasteiger partial charge in [-0.25, -0.2) is 9.97 Å². The number of benzene rings is 1. The van der Waals surface area contributed by atoms with Gasteiger partial charge in [0.05, 0.1) is 21.3 Å². The van der Waals surface area contributed by atoms with E-state index in [2.05, 4.69) is 34.4 Å². The highest BCUT2D eigenvalue weighted by Crippen LogP contribution is 2.40. The predicted octanol–water partition coefficient (Wildman–Crippen LogP) is 5.47. The van der Waals surface area contributed by atoms with Crippen LogP contribution in [0.1, 0.15) is 16.9 Å². The van der Waals surface area contributed by atoms with Crippen molar-refractivity contribution in [2.24, 2.45) is 0 Å². The maximum atomic E-state index is 6.26. The van der Waals surface area contributed by atoms with Crippen LogP contribution in [0.4, 0.5) is 11.6 Å². The first-order valence-corrected chi connectivity index (χ1v) is 11.7. The molecule has 4 rings (SSSR count). The maximum absolute atomic E-state index is 6.26. The Kier molecular flexibility index (Phi) is 7.75. The number of ether oxygens (including phenoxy) is 3. The first-order valence-electron chi connectivity index (χ1n) is 11.7. The zero-order chi connectivity index (χ0) is 25.7. The van der Waals surface area contributed by atoms with E-state index in [1.807, 2.05) is 31.2 Å². The monoisotopic (exact) mass is 488 g/mol. The number of anilines is 2. The molecule has 2 aromatic heterocycles. The van der Waals surface area contributed by atoms with Crippen molar-refractivity contribution in [3.8, 4) is 28.7 Å². The van der Waals surface area contributed by atoms with Crippen LogP contribution in [0, 0.1) is 6.92 Å². The number of nitrogens with zero attached hydrogens (tertiary/aromatic N) is 3. The van der Waals surface area contributed by atoms with E-state index >= 15 is 0 Å². The number of hydrogen-bond donors (Lipinski definition) is 1. The van der Waals surface area contributed by atoms with E-state index in [-0.39, 0.29) is 0 Å². The standard InChI is InChI=1S/C28H32N4O4/c1-7-9-19(8-2)16-32-11-10-22-20(17-32)12-23(36-22)26-18(3)15-29-28(31-26)30-21-13-24(33-4)27(35-6)25(14-21)34-5/h7-9,12-15H,1-2,10-11,16-17H2,3-6H3,(H,29,30,31)/b19-9+. The van der Waals surface area contributed by atoms with Crippen molar-refractivity contribution in [2.45, 2.75) is 19.9 Å². The molecule has 1 aromatic carbocycles. The van der Waals surface area contributed by atoms with Crippen LogP contribution >= 0.6 is 0 Å². The highest BCUT2D eigenvalue weighted by Gasteiger charge is 2.23. The topological polar surface area (TPSA) is 81.9 Å². The summed E-state index contributed by atoms with van der Waals surface area (Å²) >= 11 is 0. The highest BCUT2D eigenvalue weighted by atomic mass is 16.5. The summed E-state index contributed by atoms with van der Waals surface area (Å²) in [6, 6.07) is 5.70. The number of fused-ring (bicyclic) bond motifs is 1. The van der Waals surface area contributed by atoms with Gasteiger partial charge < -0.3 is 23.9 Å². The van der Waals surface area contributed by atoms with Gasteiger partial charge in [0, 0.05) is 55.6 Å². The van der Waals surface area contributed by atoms with Gasteiger partial charge in [-0.05, 0) is 24.1 Å². The Morgan fingerprint density at radius 1 is 1.14 bits per heavy atom. The lowest BCUT2D eigenvalue weighted by molar-refractivity contribution is 0.263. The fourth-order valence-corrected chi connectivity index (χ4v) is 4.27. The molecular formula is C28H32N4O4. The van der Waals surface area contributed by atoms with E-state index in [0.29, 0.717) is 28.9 Å². The van der Waals surface area contributed by atoms with Crippen molar-refractivity contribution >= 4 is 11.6 Å². The summed E-state index contributed by atoms with van der Waals surface area (Å²) in [6.45, 7) is 12.2. The van der Waals surface area contributed by atoms with E-state index in [1.165, 1.54) is 5.56 Å². The van der Waals surface area contributed by atoms with Crippen molar-refractivity contribution in [1.82, 2.24) is 14.9 Å². The minimum absolute atomic E-state index is 0.436. The van der Waals surface area contributed by atoms with Gasteiger partial charge in [0.1, 0.15) is 11.5 Å². The highest BCUT2D eigenvalue weighted by molar-refractivity contribution is 5.67. The van der Waals surface area contributed by atoms with Gasteiger partial charge in [-0.15, -0.1) is 0 Å². The molecule has 0 bridgehead atoms. The first kappa shape index (κ1) is 25.1. The molecule has 8 nitrogen and oxygen atoms in total. The van der Waals surface area contributed by atoms with Crippen molar-refractivity contribution < 1.29 is 18.6 Å². The Bertz CT molecular complexity index is 1270. The van der Waals surface area contributed by atoms with Gasteiger partial charge >= 0.3 is 0 Å². The van der Waals surface area contributed by atoms with Gasteiger partial charge in [0.2, 0.25) is 11.7 Å². The van der Waals surface area contributed by atoms with Gasteiger partial charge in [-0.2, -0.15) is 0 Å². The van der Waals surface area contributed by atoms with Gasteiger partial charge in [-0.1, -0.05) is 31.4 Å². The summed E-state index contributed by atoms with van der Waals surface area (Å²) in [5.74, 6) is 3.78. The van der Waals surface area contributed by atoms with Crippen molar-refractivity contribution in [1.29, 1.82) is 0 Å². The number of aromatic nitrogens is 2. The Labute approximate surface area is 211 Å². The molecule has 8 heteroatoms. The normalized spacial score (nSPS) is 13.6. The molecule has 0 saturated carbocycles. The SMILES string of the molecule is C=C/C=C(\C=C)CN1CCc2oc(-c3nc(Nc4cc(OC)c(OC)c(OC)c4)ncc3C)cc2C1. The Balaban J connectivity index is 1.58. The third-order valence-electron chi connectivity index (χ3n) is 6.07. The van der Waals surface area contributed by atoms with Crippen LogP contribution in [0.3, 0.4) is 0 Å². The maximum Gasteiger partial charge on any atom is 0.227 e. The average molecular weight is 489 g/mol. The molecule has 0 atom stereocenters. The minimum atomic E-state index is 0.436. The van der Waals surface area contributed by atoms with E-state index in [0.717, 1.165) is 54.4 Å². The number of furan rings is 1. The van der Waals surface area contributed by atoms with Crippen LogP contribution in [0.15, 0.2) is 65.8 Å². The Hall–Kier alpha value is -4.04. The molecule has 0 spiro atoms. The van der Waals surface area contributed by atoms with E-state index in [4.69, 9.17) is 23.6 Å². The van der Waals surface area contributed by atoms with Crippen LogP contribution in [0.2, 0.25) is 0 Å². The minimum Gasteiger partial charge on any atom is -0.493 e. The van der Waals surface area contributed by atoms with E-state index < -0.39 is 0 Å².